The molecule has 0 aliphatic carbocycles. The van der Waals surface area contributed by atoms with Crippen LogP contribution in [-0.4, -0.2) is 15.3 Å². The highest BCUT2D eigenvalue weighted by atomic mass is 19.4. The fraction of sp³-hybridized carbons (Fsp3) is 0.167. The first-order valence-corrected chi connectivity index (χ1v) is 7.34. The summed E-state index contributed by atoms with van der Waals surface area (Å²) in [6.45, 7) is 0. The van der Waals surface area contributed by atoms with Crippen molar-refractivity contribution in [3.05, 3.63) is 65.6 Å². The molecule has 126 valence electrons. The number of rotatable bonds is 3. The lowest BCUT2D eigenvalue weighted by atomic mass is 9.98. The molecule has 0 aliphatic heterocycles. The van der Waals surface area contributed by atoms with Crippen molar-refractivity contribution in [2.24, 2.45) is 7.05 Å². The predicted octanol–water partition coefficient (Wildman–Crippen LogP) is 4.08. The molecule has 0 saturated heterocycles. The fourth-order valence-electron chi connectivity index (χ4n) is 2.68. The van der Waals surface area contributed by atoms with Crippen LogP contribution in [0.5, 0.6) is 0 Å². The molecule has 2 aromatic heterocycles. The second-order valence-electron chi connectivity index (χ2n) is 5.54. The van der Waals surface area contributed by atoms with E-state index < -0.39 is 23.4 Å². The van der Waals surface area contributed by atoms with Crippen LogP contribution in [-0.2, 0) is 13.2 Å². The normalized spacial score (nSPS) is 12.8. The number of fused-ring (bicyclic) bond motifs is 1. The number of nitrogens with zero attached hydrogens (tertiary/aromatic N) is 3. The Balaban J connectivity index is 1.99. The van der Waals surface area contributed by atoms with E-state index in [1.165, 1.54) is 0 Å². The number of aromatic nitrogens is 2. The first kappa shape index (κ1) is 16.7. The third kappa shape index (κ3) is 2.98. The van der Waals surface area contributed by atoms with Crippen LogP contribution in [0.3, 0.4) is 0 Å². The van der Waals surface area contributed by atoms with Crippen molar-refractivity contribution in [3.8, 4) is 6.07 Å². The number of nitriles is 1. The Hall–Kier alpha value is -3.14. The second-order valence-corrected chi connectivity index (χ2v) is 5.54. The third-order valence-corrected chi connectivity index (χ3v) is 4.00. The molecule has 1 unspecified atom stereocenters. The van der Waals surface area contributed by atoms with E-state index in [0.29, 0.717) is 11.9 Å². The van der Waals surface area contributed by atoms with E-state index in [-0.39, 0.29) is 5.69 Å². The van der Waals surface area contributed by atoms with Crippen molar-refractivity contribution < 1.29 is 18.0 Å². The smallest absolute Gasteiger partial charge is 0.341 e. The summed E-state index contributed by atoms with van der Waals surface area (Å²) < 4.78 is 39.5. The van der Waals surface area contributed by atoms with Crippen LogP contribution in [0.15, 0.2) is 48.7 Å². The van der Waals surface area contributed by atoms with E-state index in [1.54, 1.807) is 17.7 Å². The van der Waals surface area contributed by atoms with Crippen molar-refractivity contribution in [1.29, 1.82) is 5.26 Å². The van der Waals surface area contributed by atoms with Crippen LogP contribution in [0.1, 0.15) is 27.7 Å². The Morgan fingerprint density at radius 1 is 1.24 bits per heavy atom. The standard InChI is InChI=1S/C18H12F3N3O/c1-24-15-5-3-2-4-11(15)8-16(24)17(25)13(9-22)14-7-6-12(10-23-14)18(19,20)21/h2-8,10,13H,1H3. The molecule has 1 atom stereocenters. The quantitative estimate of drug-likeness (QED) is 0.673. The van der Waals surface area contributed by atoms with Gasteiger partial charge in [0.05, 0.1) is 23.0 Å². The zero-order valence-electron chi connectivity index (χ0n) is 13.1. The Labute approximate surface area is 141 Å². The van der Waals surface area contributed by atoms with E-state index in [2.05, 4.69) is 4.98 Å². The van der Waals surface area contributed by atoms with Gasteiger partial charge in [0, 0.05) is 24.1 Å². The maximum atomic E-state index is 12.7. The van der Waals surface area contributed by atoms with Gasteiger partial charge in [-0.25, -0.2) is 0 Å². The SMILES string of the molecule is Cn1c(C(=O)C(C#N)c2ccc(C(F)(F)F)cn2)cc2ccccc21. The Bertz CT molecular complexity index is 981. The van der Waals surface area contributed by atoms with Crippen molar-refractivity contribution in [1.82, 2.24) is 9.55 Å². The summed E-state index contributed by atoms with van der Waals surface area (Å²) in [5, 5.41) is 10.2. The van der Waals surface area contributed by atoms with Gasteiger partial charge in [-0.05, 0) is 24.3 Å². The highest BCUT2D eigenvalue weighted by molar-refractivity contribution is 6.04. The summed E-state index contributed by atoms with van der Waals surface area (Å²) in [6, 6.07) is 12.7. The van der Waals surface area contributed by atoms with Crippen LogP contribution in [0.4, 0.5) is 13.2 Å². The Kier molecular flexibility index (Phi) is 4.05. The Morgan fingerprint density at radius 3 is 2.52 bits per heavy atom. The third-order valence-electron chi connectivity index (χ3n) is 4.00. The minimum absolute atomic E-state index is 0.00856. The van der Waals surface area contributed by atoms with Gasteiger partial charge in [0.15, 0.2) is 5.92 Å². The zero-order chi connectivity index (χ0) is 18.2. The molecule has 0 aliphatic rings. The van der Waals surface area contributed by atoms with Crippen LogP contribution in [0, 0.1) is 11.3 Å². The highest BCUT2D eigenvalue weighted by Gasteiger charge is 2.32. The Morgan fingerprint density at radius 2 is 1.96 bits per heavy atom. The number of pyridine rings is 1. The maximum Gasteiger partial charge on any atom is 0.417 e. The molecular weight excluding hydrogens is 331 g/mol. The topological polar surface area (TPSA) is 58.7 Å². The number of ketones is 1. The molecule has 0 bridgehead atoms. The minimum Gasteiger partial charge on any atom is -0.341 e. The lowest BCUT2D eigenvalue weighted by molar-refractivity contribution is -0.137. The van der Waals surface area contributed by atoms with Crippen molar-refractivity contribution >= 4 is 16.7 Å². The molecule has 0 saturated carbocycles. The maximum absolute atomic E-state index is 12.7. The first-order chi connectivity index (χ1) is 11.8. The first-order valence-electron chi connectivity index (χ1n) is 7.34. The predicted molar refractivity (Wildman–Crippen MR) is 84.8 cm³/mol. The molecule has 4 nitrogen and oxygen atoms in total. The van der Waals surface area contributed by atoms with E-state index in [1.807, 2.05) is 30.3 Å². The van der Waals surface area contributed by atoms with Crippen LogP contribution < -0.4 is 0 Å². The summed E-state index contributed by atoms with van der Waals surface area (Å²) >= 11 is 0. The summed E-state index contributed by atoms with van der Waals surface area (Å²) in [5.41, 5.74) is 0.188. The molecule has 25 heavy (non-hydrogen) atoms. The van der Waals surface area contributed by atoms with E-state index in [4.69, 9.17) is 0 Å². The largest absolute Gasteiger partial charge is 0.417 e. The van der Waals surface area contributed by atoms with Crippen molar-refractivity contribution in [2.45, 2.75) is 12.1 Å². The molecule has 0 radical (unpaired) electrons. The van der Waals surface area contributed by atoms with E-state index in [0.717, 1.165) is 23.0 Å². The van der Waals surface area contributed by atoms with Crippen LogP contribution in [0.25, 0.3) is 10.9 Å². The molecule has 0 amide bonds. The van der Waals surface area contributed by atoms with Gasteiger partial charge >= 0.3 is 6.18 Å². The van der Waals surface area contributed by atoms with Gasteiger partial charge in [-0.1, -0.05) is 18.2 Å². The van der Waals surface area contributed by atoms with Crippen LogP contribution in [0.2, 0.25) is 0 Å². The average molecular weight is 343 g/mol. The van der Waals surface area contributed by atoms with E-state index >= 15 is 0 Å². The van der Waals surface area contributed by atoms with Gasteiger partial charge in [-0.3, -0.25) is 9.78 Å². The van der Waals surface area contributed by atoms with Gasteiger partial charge < -0.3 is 4.57 Å². The monoisotopic (exact) mass is 343 g/mol. The van der Waals surface area contributed by atoms with Gasteiger partial charge in [0.2, 0.25) is 5.78 Å². The molecule has 0 N–H and O–H groups in total. The molecule has 0 spiro atoms. The summed E-state index contributed by atoms with van der Waals surface area (Å²) in [5.74, 6) is -1.78. The molecule has 1 aromatic carbocycles. The van der Waals surface area contributed by atoms with Gasteiger partial charge in [-0.15, -0.1) is 0 Å². The van der Waals surface area contributed by atoms with Crippen molar-refractivity contribution in [3.63, 3.8) is 0 Å². The van der Waals surface area contributed by atoms with Crippen molar-refractivity contribution in [2.75, 3.05) is 0 Å². The molecule has 7 heteroatoms. The second kappa shape index (κ2) is 6.06. The highest BCUT2D eigenvalue weighted by Crippen LogP contribution is 2.30. The van der Waals surface area contributed by atoms with E-state index in [9.17, 15) is 23.2 Å². The summed E-state index contributed by atoms with van der Waals surface area (Å²) in [7, 11) is 1.70. The summed E-state index contributed by atoms with van der Waals surface area (Å²) in [4.78, 5) is 16.4. The number of para-hydroxylation sites is 1. The minimum atomic E-state index is -4.52. The molecule has 3 aromatic rings. The van der Waals surface area contributed by atoms with Gasteiger partial charge in [0.1, 0.15) is 0 Å². The number of hydrogen-bond donors (Lipinski definition) is 0. The number of carbonyl (C=O) groups excluding carboxylic acids is 1. The van der Waals surface area contributed by atoms with Crippen LogP contribution >= 0.6 is 0 Å². The molecule has 0 fully saturated rings. The number of carbonyl (C=O) groups is 1. The van der Waals surface area contributed by atoms with Gasteiger partial charge in [-0.2, -0.15) is 18.4 Å². The molecule has 3 rings (SSSR count). The lowest BCUT2D eigenvalue weighted by Crippen LogP contribution is -2.16. The fourth-order valence-corrected chi connectivity index (χ4v) is 2.68. The average Bonchev–Trinajstić information content (AvgIpc) is 2.92. The zero-order valence-corrected chi connectivity index (χ0v) is 13.1. The van der Waals surface area contributed by atoms with Gasteiger partial charge in [0.25, 0.3) is 0 Å². The lowest BCUT2D eigenvalue weighted by Gasteiger charge is -2.11. The molecule has 2 heterocycles. The summed E-state index contributed by atoms with van der Waals surface area (Å²) in [6.07, 6.45) is -3.89. The number of Topliss-reactive ketones (excluding diaryl/α,β-unsaturated/α-hetero) is 1. The number of hydrogen-bond acceptors (Lipinski definition) is 3. The number of halogens is 3. The number of alkyl halides is 3. The number of aryl methyl sites for hydroxylation is 1. The number of benzene rings is 1. The molecular formula is C18H12F3N3O.